The number of aliphatic imine (C=N–C) groups is 1. The zero-order valence-corrected chi connectivity index (χ0v) is 16.2. The maximum atomic E-state index is 12.6. The number of carbonyl (C=O) groups excluding carboxylic acids is 2. The highest BCUT2D eigenvalue weighted by Gasteiger charge is 2.29. The summed E-state index contributed by atoms with van der Waals surface area (Å²) >= 11 is 0. The Morgan fingerprint density at radius 1 is 0.900 bits per heavy atom. The molecule has 0 saturated heterocycles. The van der Waals surface area contributed by atoms with Gasteiger partial charge in [0.25, 0.3) is 5.91 Å². The number of hydrogen-bond acceptors (Lipinski definition) is 3. The maximum Gasteiger partial charge on any atom is 0.416 e. The molecule has 10 heteroatoms. The van der Waals surface area contributed by atoms with Crippen molar-refractivity contribution < 1.29 is 22.8 Å². The summed E-state index contributed by atoms with van der Waals surface area (Å²) in [7, 11) is 1.58. The normalized spacial score (nSPS) is 11.7. The Labute approximate surface area is 171 Å². The Morgan fingerprint density at radius 3 is 1.83 bits per heavy atom. The molecule has 0 aliphatic heterocycles. The van der Waals surface area contributed by atoms with Crippen LogP contribution in [0.2, 0.25) is 0 Å². The number of nitrogens with zero attached hydrogens (tertiary/aromatic N) is 1. The Bertz CT molecular complexity index is 894. The molecule has 30 heavy (non-hydrogen) atoms. The van der Waals surface area contributed by atoms with Crippen LogP contribution in [0.5, 0.6) is 0 Å². The molecular formula is C20H22F3N5O2. The van der Waals surface area contributed by atoms with E-state index in [9.17, 15) is 22.8 Å². The molecule has 0 heterocycles. The summed E-state index contributed by atoms with van der Waals surface area (Å²) in [6.45, 7) is 0.482. The van der Waals surface area contributed by atoms with Crippen molar-refractivity contribution in [3.8, 4) is 0 Å². The Morgan fingerprint density at radius 2 is 1.40 bits per heavy atom. The van der Waals surface area contributed by atoms with E-state index in [0.717, 1.165) is 17.7 Å². The Hall–Kier alpha value is -3.56. The number of primary amides is 1. The lowest BCUT2D eigenvalue weighted by molar-refractivity contribution is -0.137. The minimum atomic E-state index is -4.36. The third-order valence-corrected chi connectivity index (χ3v) is 4.06. The number of nitrogens with two attached hydrogens (primary N) is 1. The molecule has 2 aromatic carbocycles. The fourth-order valence-corrected chi connectivity index (χ4v) is 2.45. The van der Waals surface area contributed by atoms with Crippen LogP contribution in [0.25, 0.3) is 0 Å². The summed E-state index contributed by atoms with van der Waals surface area (Å²) in [5, 5.41) is 8.50. The van der Waals surface area contributed by atoms with Crippen molar-refractivity contribution in [2.24, 2.45) is 10.7 Å². The number of rotatable bonds is 7. The summed E-state index contributed by atoms with van der Waals surface area (Å²) in [4.78, 5) is 26.6. The number of amides is 2. The van der Waals surface area contributed by atoms with Crippen LogP contribution < -0.4 is 21.7 Å². The van der Waals surface area contributed by atoms with Crippen molar-refractivity contribution in [1.82, 2.24) is 16.0 Å². The van der Waals surface area contributed by atoms with Crippen LogP contribution in [0.4, 0.5) is 13.2 Å². The van der Waals surface area contributed by atoms with Crippen LogP contribution in [-0.4, -0.2) is 31.4 Å². The second-order valence-corrected chi connectivity index (χ2v) is 6.32. The highest BCUT2D eigenvalue weighted by atomic mass is 19.4. The van der Waals surface area contributed by atoms with Gasteiger partial charge in [-0.05, 0) is 35.4 Å². The number of nitrogens with one attached hydrogen (secondary N) is 3. The van der Waals surface area contributed by atoms with E-state index in [1.807, 2.05) is 0 Å². The van der Waals surface area contributed by atoms with E-state index in [2.05, 4.69) is 20.9 Å². The Kier molecular flexibility index (Phi) is 7.79. The molecule has 0 bridgehead atoms. The molecule has 0 aromatic heterocycles. The summed E-state index contributed by atoms with van der Waals surface area (Å²) in [6, 6.07) is 11.6. The van der Waals surface area contributed by atoms with E-state index in [1.54, 1.807) is 31.3 Å². The van der Waals surface area contributed by atoms with Gasteiger partial charge in [-0.1, -0.05) is 24.3 Å². The van der Waals surface area contributed by atoms with Crippen LogP contribution in [-0.2, 0) is 24.1 Å². The van der Waals surface area contributed by atoms with Gasteiger partial charge in [0.2, 0.25) is 5.91 Å². The highest BCUT2D eigenvalue weighted by molar-refractivity contribution is 5.96. The van der Waals surface area contributed by atoms with Crippen LogP contribution in [0, 0.1) is 0 Å². The molecule has 0 atom stereocenters. The topological polar surface area (TPSA) is 109 Å². The van der Waals surface area contributed by atoms with E-state index >= 15 is 0 Å². The zero-order chi connectivity index (χ0) is 22.1. The van der Waals surface area contributed by atoms with Crippen LogP contribution in [0.3, 0.4) is 0 Å². The lowest BCUT2D eigenvalue weighted by atomic mass is 10.1. The highest BCUT2D eigenvalue weighted by Crippen LogP contribution is 2.29. The van der Waals surface area contributed by atoms with Crippen LogP contribution in [0.1, 0.15) is 27.0 Å². The summed E-state index contributed by atoms with van der Waals surface area (Å²) in [6.07, 6.45) is -4.36. The fraction of sp³-hybridized carbons (Fsp3) is 0.250. The van der Waals surface area contributed by atoms with Crippen molar-refractivity contribution in [2.75, 3.05) is 13.6 Å². The largest absolute Gasteiger partial charge is 0.416 e. The number of halogens is 3. The quantitative estimate of drug-likeness (QED) is 0.404. The number of alkyl halides is 3. The van der Waals surface area contributed by atoms with Crippen LogP contribution in [0.15, 0.2) is 53.5 Å². The molecule has 0 fully saturated rings. The molecule has 5 N–H and O–H groups in total. The van der Waals surface area contributed by atoms with Crippen LogP contribution >= 0.6 is 0 Å². The number of guanidine groups is 1. The molecule has 0 aliphatic carbocycles. The monoisotopic (exact) mass is 421 g/mol. The lowest BCUT2D eigenvalue weighted by Crippen LogP contribution is -2.36. The van der Waals surface area contributed by atoms with Crippen molar-refractivity contribution in [3.63, 3.8) is 0 Å². The zero-order valence-electron chi connectivity index (χ0n) is 16.2. The van der Waals surface area contributed by atoms with Gasteiger partial charge in [0.1, 0.15) is 0 Å². The number of hydrogen-bond donors (Lipinski definition) is 4. The molecule has 2 amide bonds. The molecule has 0 spiro atoms. The molecule has 0 unspecified atom stereocenters. The van der Waals surface area contributed by atoms with Gasteiger partial charge in [-0.25, -0.2) is 0 Å². The van der Waals surface area contributed by atoms with E-state index in [4.69, 9.17) is 5.73 Å². The summed E-state index contributed by atoms with van der Waals surface area (Å²) < 4.78 is 37.8. The third kappa shape index (κ3) is 7.12. The van der Waals surface area contributed by atoms with Crippen molar-refractivity contribution >= 4 is 17.8 Å². The third-order valence-electron chi connectivity index (χ3n) is 4.06. The van der Waals surface area contributed by atoms with Crippen molar-refractivity contribution in [2.45, 2.75) is 19.3 Å². The molecule has 0 saturated carbocycles. The van der Waals surface area contributed by atoms with Gasteiger partial charge in [0, 0.05) is 25.7 Å². The molecule has 0 radical (unpaired) electrons. The summed E-state index contributed by atoms with van der Waals surface area (Å²) in [5.74, 6) is -0.556. The average Bonchev–Trinajstić information content (AvgIpc) is 2.72. The standard InChI is InChI=1S/C20H22F3N5O2/c1-25-19(28-11-14-4-8-16(9-5-14)20(21,22)23)27-10-13-2-6-15(7-3-13)18(30)26-12-17(24)29/h2-9H,10-12H2,1H3,(H2,24,29)(H,26,30)(H2,25,27,28). The van der Waals surface area contributed by atoms with Crippen molar-refractivity contribution in [3.05, 3.63) is 70.8 Å². The van der Waals surface area contributed by atoms with Gasteiger partial charge in [0.05, 0.1) is 12.1 Å². The van der Waals surface area contributed by atoms with E-state index in [0.29, 0.717) is 30.2 Å². The molecule has 160 valence electrons. The smallest absolute Gasteiger partial charge is 0.368 e. The SMILES string of the molecule is CN=C(NCc1ccc(C(=O)NCC(N)=O)cc1)NCc1ccc(C(F)(F)F)cc1. The van der Waals surface area contributed by atoms with Gasteiger partial charge in [-0.2, -0.15) is 13.2 Å². The van der Waals surface area contributed by atoms with E-state index in [1.165, 1.54) is 12.1 Å². The molecular weight excluding hydrogens is 399 g/mol. The lowest BCUT2D eigenvalue weighted by Gasteiger charge is -2.13. The first kappa shape index (κ1) is 22.7. The number of carbonyl (C=O) groups is 2. The summed E-state index contributed by atoms with van der Waals surface area (Å²) in [5.41, 5.74) is 6.24. The Balaban J connectivity index is 1.84. The van der Waals surface area contributed by atoms with Gasteiger partial charge in [0.15, 0.2) is 5.96 Å². The van der Waals surface area contributed by atoms with Gasteiger partial charge in [-0.3, -0.25) is 14.6 Å². The maximum absolute atomic E-state index is 12.6. The predicted molar refractivity (Wildman–Crippen MR) is 106 cm³/mol. The average molecular weight is 421 g/mol. The molecule has 2 aromatic rings. The van der Waals surface area contributed by atoms with Crippen molar-refractivity contribution in [1.29, 1.82) is 0 Å². The van der Waals surface area contributed by atoms with Gasteiger partial charge >= 0.3 is 6.18 Å². The van der Waals surface area contributed by atoms with Gasteiger partial charge < -0.3 is 21.7 Å². The fourth-order valence-electron chi connectivity index (χ4n) is 2.45. The first-order valence-electron chi connectivity index (χ1n) is 8.95. The van der Waals surface area contributed by atoms with E-state index in [-0.39, 0.29) is 6.54 Å². The molecule has 0 aliphatic rings. The minimum Gasteiger partial charge on any atom is -0.368 e. The number of benzene rings is 2. The second-order valence-electron chi connectivity index (χ2n) is 6.32. The molecule has 7 nitrogen and oxygen atoms in total. The second kappa shape index (κ2) is 10.3. The minimum absolute atomic E-state index is 0.233. The van der Waals surface area contributed by atoms with Gasteiger partial charge in [-0.15, -0.1) is 0 Å². The van der Waals surface area contributed by atoms with E-state index < -0.39 is 23.6 Å². The molecule has 2 rings (SSSR count). The first-order valence-corrected chi connectivity index (χ1v) is 8.95. The first-order chi connectivity index (χ1) is 14.2. The predicted octanol–water partition coefficient (Wildman–Crippen LogP) is 1.79.